The standard InChI is InChI=1S/C12H12N2O4S/c1-17-7-5-3-4-6-8(7)18-9-10(15)13-12(19-2)14-11(9)16/h3-6H,1-2H3,(H2,13,14,15,16). The van der Waals surface area contributed by atoms with Crippen molar-refractivity contribution in [3.8, 4) is 29.0 Å². The maximum absolute atomic E-state index is 9.74. The summed E-state index contributed by atoms with van der Waals surface area (Å²) in [5, 5.41) is 19.7. The van der Waals surface area contributed by atoms with Crippen LogP contribution in [0.4, 0.5) is 0 Å². The number of thioether (sulfide) groups is 1. The molecule has 0 saturated carbocycles. The Labute approximate surface area is 114 Å². The van der Waals surface area contributed by atoms with E-state index in [2.05, 4.69) is 9.97 Å². The zero-order valence-corrected chi connectivity index (χ0v) is 11.1. The Hall–Kier alpha value is -2.15. The first kappa shape index (κ1) is 13.3. The van der Waals surface area contributed by atoms with Gasteiger partial charge in [-0.2, -0.15) is 9.97 Å². The summed E-state index contributed by atoms with van der Waals surface area (Å²) < 4.78 is 10.5. The Morgan fingerprint density at radius 2 is 1.63 bits per heavy atom. The molecule has 0 saturated heterocycles. The van der Waals surface area contributed by atoms with Gasteiger partial charge in [0, 0.05) is 0 Å². The first-order valence-corrected chi connectivity index (χ1v) is 6.53. The molecule has 19 heavy (non-hydrogen) atoms. The summed E-state index contributed by atoms with van der Waals surface area (Å²) in [6.45, 7) is 0. The summed E-state index contributed by atoms with van der Waals surface area (Å²) in [5.74, 6) is -0.251. The lowest BCUT2D eigenvalue weighted by Gasteiger charge is -2.11. The quantitative estimate of drug-likeness (QED) is 0.657. The molecule has 100 valence electrons. The first-order chi connectivity index (χ1) is 9.15. The molecule has 7 heteroatoms. The SMILES string of the molecule is COc1ccccc1Oc1c(O)nc(SC)nc1O. The Morgan fingerprint density at radius 3 is 2.16 bits per heavy atom. The van der Waals surface area contributed by atoms with Crippen molar-refractivity contribution in [2.24, 2.45) is 0 Å². The van der Waals surface area contributed by atoms with E-state index in [0.717, 1.165) is 0 Å². The third kappa shape index (κ3) is 2.82. The fourth-order valence-corrected chi connectivity index (χ4v) is 1.76. The third-order valence-corrected chi connectivity index (χ3v) is 2.82. The molecule has 0 spiro atoms. The van der Waals surface area contributed by atoms with E-state index in [9.17, 15) is 10.2 Å². The number of methoxy groups -OCH3 is 1. The van der Waals surface area contributed by atoms with Crippen LogP contribution in [0.15, 0.2) is 29.4 Å². The molecule has 0 radical (unpaired) electrons. The number of hydrogen-bond acceptors (Lipinski definition) is 7. The van der Waals surface area contributed by atoms with Crippen molar-refractivity contribution in [1.29, 1.82) is 0 Å². The van der Waals surface area contributed by atoms with Gasteiger partial charge in [-0.3, -0.25) is 0 Å². The molecule has 1 aromatic heterocycles. The number of rotatable bonds is 4. The average Bonchev–Trinajstić information content (AvgIpc) is 2.43. The number of aromatic hydroxyl groups is 2. The number of nitrogens with zero attached hydrogens (tertiary/aromatic N) is 2. The van der Waals surface area contributed by atoms with Crippen LogP contribution >= 0.6 is 11.8 Å². The van der Waals surface area contributed by atoms with Crippen LogP contribution in [0.2, 0.25) is 0 Å². The average molecular weight is 280 g/mol. The van der Waals surface area contributed by atoms with Gasteiger partial charge in [0.25, 0.3) is 17.5 Å². The van der Waals surface area contributed by atoms with E-state index in [1.807, 2.05) is 0 Å². The number of para-hydroxylation sites is 2. The minimum Gasteiger partial charge on any atom is -0.493 e. The second-order valence-electron chi connectivity index (χ2n) is 3.44. The van der Waals surface area contributed by atoms with E-state index in [1.54, 1.807) is 30.5 Å². The molecular weight excluding hydrogens is 268 g/mol. The van der Waals surface area contributed by atoms with Gasteiger partial charge >= 0.3 is 0 Å². The number of ether oxygens (including phenoxy) is 2. The Bertz CT molecular complexity index is 569. The lowest BCUT2D eigenvalue weighted by Crippen LogP contribution is -1.94. The van der Waals surface area contributed by atoms with Gasteiger partial charge in [-0.1, -0.05) is 23.9 Å². The maximum Gasteiger partial charge on any atom is 0.263 e. The monoisotopic (exact) mass is 280 g/mol. The van der Waals surface area contributed by atoms with Gasteiger partial charge in [0.05, 0.1) is 7.11 Å². The Kier molecular flexibility index (Phi) is 3.96. The van der Waals surface area contributed by atoms with Crippen LogP contribution in [0.3, 0.4) is 0 Å². The molecule has 2 N–H and O–H groups in total. The van der Waals surface area contributed by atoms with E-state index >= 15 is 0 Å². The summed E-state index contributed by atoms with van der Waals surface area (Å²) >= 11 is 1.20. The van der Waals surface area contributed by atoms with E-state index in [0.29, 0.717) is 11.5 Å². The fraction of sp³-hybridized carbons (Fsp3) is 0.167. The molecule has 0 unspecified atom stereocenters. The summed E-state index contributed by atoms with van der Waals surface area (Å²) in [6, 6.07) is 6.85. The largest absolute Gasteiger partial charge is 0.493 e. The fourth-order valence-electron chi connectivity index (χ4n) is 1.40. The first-order valence-electron chi connectivity index (χ1n) is 5.30. The highest BCUT2D eigenvalue weighted by Crippen LogP contribution is 2.40. The van der Waals surface area contributed by atoms with Crippen molar-refractivity contribution in [3.05, 3.63) is 24.3 Å². The van der Waals surface area contributed by atoms with E-state index in [4.69, 9.17) is 9.47 Å². The van der Waals surface area contributed by atoms with Gasteiger partial charge < -0.3 is 19.7 Å². The molecule has 0 bridgehead atoms. The van der Waals surface area contributed by atoms with Gasteiger partial charge in [0.1, 0.15) is 0 Å². The summed E-state index contributed by atoms with van der Waals surface area (Å²) in [5.41, 5.74) is 0. The molecule has 2 rings (SSSR count). The van der Waals surface area contributed by atoms with Crippen LogP contribution in [0.25, 0.3) is 0 Å². The Morgan fingerprint density at radius 1 is 1.05 bits per heavy atom. The smallest absolute Gasteiger partial charge is 0.263 e. The zero-order valence-electron chi connectivity index (χ0n) is 10.3. The molecule has 0 amide bonds. The van der Waals surface area contributed by atoms with E-state index < -0.39 is 11.8 Å². The zero-order chi connectivity index (χ0) is 13.8. The lowest BCUT2D eigenvalue weighted by molar-refractivity contribution is 0.332. The van der Waals surface area contributed by atoms with Crippen molar-refractivity contribution in [2.75, 3.05) is 13.4 Å². The third-order valence-electron chi connectivity index (χ3n) is 2.27. The molecule has 0 fully saturated rings. The molecule has 1 heterocycles. The van der Waals surface area contributed by atoms with Crippen LogP contribution in [0.1, 0.15) is 0 Å². The van der Waals surface area contributed by atoms with Crippen molar-refractivity contribution in [3.63, 3.8) is 0 Å². The number of benzene rings is 1. The normalized spacial score (nSPS) is 10.2. The van der Waals surface area contributed by atoms with Crippen molar-refractivity contribution in [2.45, 2.75) is 5.16 Å². The van der Waals surface area contributed by atoms with Crippen molar-refractivity contribution >= 4 is 11.8 Å². The topological polar surface area (TPSA) is 84.7 Å². The van der Waals surface area contributed by atoms with Crippen molar-refractivity contribution in [1.82, 2.24) is 9.97 Å². The van der Waals surface area contributed by atoms with E-state index in [-0.39, 0.29) is 10.9 Å². The number of aromatic nitrogens is 2. The molecule has 2 aromatic rings. The number of hydrogen-bond donors (Lipinski definition) is 2. The van der Waals surface area contributed by atoms with Gasteiger partial charge in [-0.05, 0) is 18.4 Å². The van der Waals surface area contributed by atoms with Gasteiger partial charge in [-0.15, -0.1) is 0 Å². The molecule has 0 aliphatic carbocycles. The lowest BCUT2D eigenvalue weighted by atomic mass is 10.3. The van der Waals surface area contributed by atoms with Gasteiger partial charge in [-0.25, -0.2) is 0 Å². The minimum absolute atomic E-state index is 0.206. The maximum atomic E-state index is 9.74. The summed E-state index contributed by atoms with van der Waals surface area (Å²) in [4.78, 5) is 7.57. The molecule has 1 aromatic carbocycles. The van der Waals surface area contributed by atoms with Crippen LogP contribution in [0.5, 0.6) is 29.0 Å². The highest BCUT2D eigenvalue weighted by atomic mass is 32.2. The Balaban J connectivity index is 2.38. The molecule has 0 atom stereocenters. The minimum atomic E-state index is -0.428. The summed E-state index contributed by atoms with van der Waals surface area (Å²) in [6.07, 6.45) is 1.73. The van der Waals surface area contributed by atoms with Crippen LogP contribution in [-0.4, -0.2) is 33.5 Å². The van der Waals surface area contributed by atoms with Gasteiger partial charge in [0.2, 0.25) is 0 Å². The van der Waals surface area contributed by atoms with Crippen LogP contribution in [-0.2, 0) is 0 Å². The van der Waals surface area contributed by atoms with Crippen molar-refractivity contribution < 1.29 is 19.7 Å². The van der Waals surface area contributed by atoms with Crippen LogP contribution in [0, 0.1) is 0 Å². The predicted molar refractivity (Wildman–Crippen MR) is 70.2 cm³/mol. The molecule has 6 nitrogen and oxygen atoms in total. The van der Waals surface area contributed by atoms with E-state index in [1.165, 1.54) is 18.9 Å². The second-order valence-corrected chi connectivity index (χ2v) is 4.21. The summed E-state index contributed by atoms with van der Waals surface area (Å²) in [7, 11) is 1.50. The highest BCUT2D eigenvalue weighted by molar-refractivity contribution is 7.98. The highest BCUT2D eigenvalue weighted by Gasteiger charge is 2.17. The molecular formula is C12H12N2O4S. The second kappa shape index (κ2) is 5.66. The van der Waals surface area contributed by atoms with Gasteiger partial charge in [0.15, 0.2) is 16.7 Å². The predicted octanol–water partition coefficient (Wildman–Crippen LogP) is 2.41. The molecule has 0 aliphatic rings. The van der Waals surface area contributed by atoms with Crippen LogP contribution < -0.4 is 9.47 Å². The molecule has 0 aliphatic heterocycles.